The number of carboxylic acids is 2. The van der Waals surface area contributed by atoms with Crippen molar-refractivity contribution in [3.63, 3.8) is 0 Å². The number of carbonyl (C=O) groups excluding carboxylic acids is 1. The number of aliphatic carboxylic acids is 2. The van der Waals surface area contributed by atoms with E-state index < -0.39 is 30.4 Å². The Labute approximate surface area is 123 Å². The van der Waals surface area contributed by atoms with Gasteiger partial charge in [0.15, 0.2) is 0 Å². The van der Waals surface area contributed by atoms with Gasteiger partial charge >= 0.3 is 18.0 Å². The molecule has 4 N–H and O–H groups in total. The fourth-order valence-corrected chi connectivity index (χ4v) is 1.83. The average molecular weight is 345 g/mol. The van der Waals surface area contributed by atoms with E-state index >= 15 is 0 Å². The van der Waals surface area contributed by atoms with Crippen LogP contribution in [0.5, 0.6) is 0 Å². The molecule has 0 fully saturated rings. The van der Waals surface area contributed by atoms with Crippen molar-refractivity contribution >= 4 is 33.9 Å². The molecule has 0 aromatic heterocycles. The summed E-state index contributed by atoms with van der Waals surface area (Å²) in [6.07, 6.45) is -0.683. The predicted molar refractivity (Wildman–Crippen MR) is 73.2 cm³/mol. The van der Waals surface area contributed by atoms with Crippen LogP contribution in [0.2, 0.25) is 0 Å². The minimum absolute atomic E-state index is 0.187. The van der Waals surface area contributed by atoms with Gasteiger partial charge in [0.2, 0.25) is 0 Å². The van der Waals surface area contributed by atoms with Crippen LogP contribution in [-0.4, -0.2) is 34.2 Å². The number of benzene rings is 1. The lowest BCUT2D eigenvalue weighted by atomic mass is 10.2. The summed E-state index contributed by atoms with van der Waals surface area (Å²) in [6.45, 7) is 0.187. The van der Waals surface area contributed by atoms with Crippen LogP contribution in [0.15, 0.2) is 28.7 Å². The van der Waals surface area contributed by atoms with Crippen molar-refractivity contribution in [1.82, 2.24) is 10.6 Å². The van der Waals surface area contributed by atoms with E-state index in [9.17, 15) is 14.4 Å². The summed E-state index contributed by atoms with van der Waals surface area (Å²) in [5.41, 5.74) is 0.813. The lowest BCUT2D eigenvalue weighted by Gasteiger charge is -2.13. The molecule has 1 rings (SSSR count). The van der Waals surface area contributed by atoms with Gasteiger partial charge < -0.3 is 20.8 Å². The number of rotatable bonds is 6. The van der Waals surface area contributed by atoms with Crippen molar-refractivity contribution in [2.75, 3.05) is 0 Å². The van der Waals surface area contributed by atoms with Gasteiger partial charge in [-0.1, -0.05) is 34.1 Å². The predicted octanol–water partition coefficient (Wildman–Crippen LogP) is 1.18. The Hall–Kier alpha value is -2.09. The van der Waals surface area contributed by atoms with Gasteiger partial charge in [-0.3, -0.25) is 4.79 Å². The van der Waals surface area contributed by atoms with Crippen molar-refractivity contribution in [2.24, 2.45) is 0 Å². The fraction of sp³-hybridized carbons (Fsp3) is 0.250. The summed E-state index contributed by atoms with van der Waals surface area (Å²) in [7, 11) is 0. The number of halogens is 1. The number of carbonyl (C=O) groups is 3. The molecule has 0 heterocycles. The number of urea groups is 1. The third-order valence-corrected chi connectivity index (χ3v) is 3.15. The van der Waals surface area contributed by atoms with Gasteiger partial charge in [-0.15, -0.1) is 0 Å². The first-order valence-corrected chi connectivity index (χ1v) is 6.42. The Morgan fingerprint density at radius 1 is 1.20 bits per heavy atom. The highest BCUT2D eigenvalue weighted by molar-refractivity contribution is 9.10. The van der Waals surface area contributed by atoms with Crippen LogP contribution in [0.3, 0.4) is 0 Å². The molecule has 0 radical (unpaired) electrons. The largest absolute Gasteiger partial charge is 0.481 e. The summed E-state index contributed by atoms with van der Waals surface area (Å²) in [6, 6.07) is 5.00. The molecular weight excluding hydrogens is 332 g/mol. The zero-order valence-corrected chi connectivity index (χ0v) is 11.9. The Bertz CT molecular complexity index is 520. The minimum atomic E-state index is -1.47. The second-order valence-corrected chi connectivity index (χ2v) is 4.76. The third kappa shape index (κ3) is 5.27. The van der Waals surface area contributed by atoms with Gasteiger partial charge in [0.1, 0.15) is 6.04 Å². The van der Waals surface area contributed by atoms with E-state index in [1.165, 1.54) is 0 Å². The maximum absolute atomic E-state index is 11.5. The van der Waals surface area contributed by atoms with Crippen LogP contribution < -0.4 is 10.6 Å². The van der Waals surface area contributed by atoms with Crippen LogP contribution in [0.4, 0.5) is 4.79 Å². The first-order valence-electron chi connectivity index (χ1n) is 5.62. The van der Waals surface area contributed by atoms with Crippen molar-refractivity contribution < 1.29 is 24.6 Å². The van der Waals surface area contributed by atoms with E-state index in [4.69, 9.17) is 10.2 Å². The SMILES string of the molecule is O=C(O)C[C@H](NC(=O)NCc1ccccc1Br)C(=O)O. The quantitative estimate of drug-likeness (QED) is 0.618. The molecule has 0 aliphatic heterocycles. The van der Waals surface area contributed by atoms with Gasteiger partial charge in [-0.2, -0.15) is 0 Å². The molecule has 108 valence electrons. The average Bonchev–Trinajstić information content (AvgIpc) is 2.36. The molecular formula is C12H13BrN2O5. The Morgan fingerprint density at radius 2 is 1.85 bits per heavy atom. The lowest BCUT2D eigenvalue weighted by Crippen LogP contribution is -2.46. The highest BCUT2D eigenvalue weighted by Gasteiger charge is 2.22. The molecule has 2 amide bonds. The monoisotopic (exact) mass is 344 g/mol. The van der Waals surface area contributed by atoms with E-state index in [2.05, 4.69) is 26.6 Å². The van der Waals surface area contributed by atoms with Crippen molar-refractivity contribution in [3.8, 4) is 0 Å². The molecule has 0 saturated carbocycles. The molecule has 0 aliphatic carbocycles. The van der Waals surface area contributed by atoms with Gasteiger partial charge in [0.25, 0.3) is 0 Å². The van der Waals surface area contributed by atoms with Gasteiger partial charge in [0.05, 0.1) is 6.42 Å². The lowest BCUT2D eigenvalue weighted by molar-refractivity contribution is -0.145. The minimum Gasteiger partial charge on any atom is -0.481 e. The van der Waals surface area contributed by atoms with E-state index in [1.54, 1.807) is 18.2 Å². The molecule has 0 aliphatic rings. The Morgan fingerprint density at radius 3 is 2.40 bits per heavy atom. The summed E-state index contributed by atoms with van der Waals surface area (Å²) >= 11 is 3.31. The van der Waals surface area contributed by atoms with Gasteiger partial charge in [-0.25, -0.2) is 9.59 Å². The highest BCUT2D eigenvalue weighted by atomic mass is 79.9. The molecule has 0 bridgehead atoms. The second kappa shape index (κ2) is 7.49. The fourth-order valence-electron chi connectivity index (χ4n) is 1.40. The first kappa shape index (κ1) is 16.0. The molecule has 7 nitrogen and oxygen atoms in total. The standard InChI is InChI=1S/C12H13BrN2O5/c13-8-4-2-1-3-7(8)6-14-12(20)15-9(11(18)19)5-10(16)17/h1-4,9H,5-6H2,(H,16,17)(H,18,19)(H2,14,15,20)/t9-/m0/s1. The molecule has 0 unspecified atom stereocenters. The molecule has 1 aromatic carbocycles. The van der Waals surface area contributed by atoms with Crippen LogP contribution >= 0.6 is 15.9 Å². The molecule has 1 aromatic rings. The number of carboxylic acid groups (broad SMARTS) is 2. The maximum Gasteiger partial charge on any atom is 0.326 e. The number of hydrogen-bond acceptors (Lipinski definition) is 3. The molecule has 0 saturated heterocycles. The zero-order valence-electron chi connectivity index (χ0n) is 10.3. The van der Waals surface area contributed by atoms with E-state index in [-0.39, 0.29) is 6.54 Å². The van der Waals surface area contributed by atoms with E-state index in [1.807, 2.05) is 6.07 Å². The Balaban J connectivity index is 2.52. The van der Waals surface area contributed by atoms with Crippen LogP contribution in [0.1, 0.15) is 12.0 Å². The number of nitrogens with one attached hydrogen (secondary N) is 2. The molecule has 1 atom stereocenters. The topological polar surface area (TPSA) is 116 Å². The van der Waals surface area contributed by atoms with Gasteiger partial charge in [-0.05, 0) is 11.6 Å². The van der Waals surface area contributed by atoms with Crippen LogP contribution in [0.25, 0.3) is 0 Å². The zero-order chi connectivity index (χ0) is 15.1. The maximum atomic E-state index is 11.5. The second-order valence-electron chi connectivity index (χ2n) is 3.91. The normalized spacial score (nSPS) is 11.4. The first-order chi connectivity index (χ1) is 9.40. The van der Waals surface area contributed by atoms with Crippen LogP contribution in [0, 0.1) is 0 Å². The van der Waals surface area contributed by atoms with Crippen LogP contribution in [-0.2, 0) is 16.1 Å². The van der Waals surface area contributed by atoms with Crippen molar-refractivity contribution in [1.29, 1.82) is 0 Å². The number of amides is 2. The van der Waals surface area contributed by atoms with Crippen molar-refractivity contribution in [2.45, 2.75) is 19.0 Å². The Kier molecular flexibility index (Phi) is 5.98. The highest BCUT2D eigenvalue weighted by Crippen LogP contribution is 2.15. The summed E-state index contributed by atoms with van der Waals surface area (Å²) < 4.78 is 0.806. The number of hydrogen-bond donors (Lipinski definition) is 4. The molecule has 20 heavy (non-hydrogen) atoms. The van der Waals surface area contributed by atoms with Crippen molar-refractivity contribution in [3.05, 3.63) is 34.3 Å². The third-order valence-electron chi connectivity index (χ3n) is 2.38. The van der Waals surface area contributed by atoms with Gasteiger partial charge in [0, 0.05) is 11.0 Å². The summed E-state index contributed by atoms with van der Waals surface area (Å²) in [4.78, 5) is 32.8. The summed E-state index contributed by atoms with van der Waals surface area (Å²) in [5, 5.41) is 21.9. The van der Waals surface area contributed by atoms with E-state index in [0.717, 1.165) is 10.0 Å². The molecule has 8 heteroatoms. The summed E-state index contributed by atoms with van der Waals surface area (Å²) in [5.74, 6) is -2.70. The van der Waals surface area contributed by atoms with E-state index in [0.29, 0.717) is 0 Å². The molecule has 0 spiro atoms. The smallest absolute Gasteiger partial charge is 0.326 e.